The van der Waals surface area contributed by atoms with E-state index in [0.29, 0.717) is 11.5 Å². The minimum atomic E-state index is -0.321. The molecule has 2 rings (SSSR count). The first-order valence-corrected chi connectivity index (χ1v) is 8.48. The Morgan fingerprint density at radius 2 is 1.90 bits per heavy atom. The molecule has 0 aromatic heterocycles. The molecule has 0 aromatic carbocycles. The van der Waals surface area contributed by atoms with Crippen LogP contribution in [0.15, 0.2) is 0 Å². The van der Waals surface area contributed by atoms with Crippen LogP contribution in [0, 0.1) is 11.3 Å². The third-order valence-corrected chi connectivity index (χ3v) is 5.67. The highest BCUT2D eigenvalue weighted by atomic mass is 16.3. The Hall–Kier alpha value is -0.120. The molecule has 1 heterocycles. The SMILES string of the molecule is CC(C)(C)C1CCCN(C2CCCC(N)(CO)C2)CC1. The summed E-state index contributed by atoms with van der Waals surface area (Å²) in [4.78, 5) is 2.67. The smallest absolute Gasteiger partial charge is 0.0611 e. The summed E-state index contributed by atoms with van der Waals surface area (Å²) in [5.74, 6) is 0.844. The monoisotopic (exact) mass is 282 g/mol. The van der Waals surface area contributed by atoms with Crippen LogP contribution >= 0.6 is 0 Å². The zero-order valence-electron chi connectivity index (χ0n) is 13.7. The Balaban J connectivity index is 1.93. The lowest BCUT2D eigenvalue weighted by Gasteiger charge is -2.42. The Bertz CT molecular complexity index is 313. The van der Waals surface area contributed by atoms with Crippen molar-refractivity contribution in [3.63, 3.8) is 0 Å². The molecule has 1 saturated heterocycles. The van der Waals surface area contributed by atoms with Gasteiger partial charge in [-0.15, -0.1) is 0 Å². The maximum atomic E-state index is 9.53. The Morgan fingerprint density at radius 3 is 2.55 bits per heavy atom. The normalized spacial score (nSPS) is 37.6. The van der Waals surface area contributed by atoms with Crippen LogP contribution in [-0.4, -0.2) is 41.3 Å². The van der Waals surface area contributed by atoms with Crippen LogP contribution in [-0.2, 0) is 0 Å². The van der Waals surface area contributed by atoms with Crippen molar-refractivity contribution in [2.75, 3.05) is 19.7 Å². The summed E-state index contributed by atoms with van der Waals surface area (Å²) in [6.07, 6.45) is 8.38. The van der Waals surface area contributed by atoms with Gasteiger partial charge in [-0.1, -0.05) is 20.8 Å². The maximum Gasteiger partial charge on any atom is 0.0611 e. The van der Waals surface area contributed by atoms with E-state index in [1.54, 1.807) is 0 Å². The number of hydrogen-bond donors (Lipinski definition) is 2. The van der Waals surface area contributed by atoms with Crippen molar-refractivity contribution in [2.24, 2.45) is 17.1 Å². The molecule has 3 N–H and O–H groups in total. The molecule has 0 radical (unpaired) electrons. The summed E-state index contributed by atoms with van der Waals surface area (Å²) >= 11 is 0. The highest BCUT2D eigenvalue weighted by Gasteiger charge is 2.36. The van der Waals surface area contributed by atoms with E-state index in [-0.39, 0.29) is 12.1 Å². The van der Waals surface area contributed by atoms with Crippen LogP contribution in [0.2, 0.25) is 0 Å². The molecule has 0 bridgehead atoms. The summed E-state index contributed by atoms with van der Waals surface area (Å²) in [5, 5.41) is 9.53. The van der Waals surface area contributed by atoms with Gasteiger partial charge in [0.05, 0.1) is 6.61 Å². The predicted molar refractivity (Wildman–Crippen MR) is 84.6 cm³/mol. The van der Waals surface area contributed by atoms with Crippen molar-refractivity contribution in [1.29, 1.82) is 0 Å². The summed E-state index contributed by atoms with van der Waals surface area (Å²) in [6, 6.07) is 0.597. The molecule has 3 atom stereocenters. The zero-order chi connectivity index (χ0) is 14.8. The molecular weight excluding hydrogens is 248 g/mol. The van der Waals surface area contributed by atoms with Gasteiger partial charge in [0.2, 0.25) is 0 Å². The van der Waals surface area contributed by atoms with Gasteiger partial charge in [0, 0.05) is 11.6 Å². The van der Waals surface area contributed by atoms with Gasteiger partial charge in [-0.25, -0.2) is 0 Å². The topological polar surface area (TPSA) is 49.5 Å². The summed E-state index contributed by atoms with van der Waals surface area (Å²) in [7, 11) is 0. The molecule has 118 valence electrons. The van der Waals surface area contributed by atoms with Gasteiger partial charge < -0.3 is 15.7 Å². The predicted octanol–water partition coefficient (Wildman–Crippen LogP) is 2.77. The fourth-order valence-corrected chi connectivity index (χ4v) is 4.17. The van der Waals surface area contributed by atoms with Crippen molar-refractivity contribution >= 4 is 0 Å². The minimum absolute atomic E-state index is 0.141. The number of hydrogen-bond acceptors (Lipinski definition) is 3. The first-order valence-electron chi connectivity index (χ1n) is 8.48. The van der Waals surface area contributed by atoms with Crippen molar-refractivity contribution in [3.8, 4) is 0 Å². The first-order chi connectivity index (χ1) is 9.34. The van der Waals surface area contributed by atoms with E-state index in [9.17, 15) is 5.11 Å². The average molecular weight is 282 g/mol. The molecule has 0 spiro atoms. The zero-order valence-corrected chi connectivity index (χ0v) is 13.7. The highest BCUT2D eigenvalue weighted by Crippen LogP contribution is 2.36. The van der Waals surface area contributed by atoms with E-state index in [1.807, 2.05) is 0 Å². The Morgan fingerprint density at radius 1 is 1.15 bits per heavy atom. The number of rotatable bonds is 2. The van der Waals surface area contributed by atoms with E-state index >= 15 is 0 Å². The fraction of sp³-hybridized carbons (Fsp3) is 1.00. The van der Waals surface area contributed by atoms with Crippen LogP contribution < -0.4 is 5.73 Å². The van der Waals surface area contributed by atoms with Crippen LogP contribution in [0.5, 0.6) is 0 Å². The molecule has 3 heteroatoms. The van der Waals surface area contributed by atoms with Crippen molar-refractivity contribution in [2.45, 2.75) is 77.3 Å². The van der Waals surface area contributed by atoms with Gasteiger partial charge in [-0.2, -0.15) is 0 Å². The first kappa shape index (κ1) is 16.3. The highest BCUT2D eigenvalue weighted by molar-refractivity contribution is 4.94. The molecule has 0 amide bonds. The molecule has 0 aromatic rings. The lowest BCUT2D eigenvalue weighted by molar-refractivity contribution is 0.0808. The molecule has 1 aliphatic carbocycles. The second-order valence-electron chi connectivity index (χ2n) is 8.30. The number of likely N-dealkylation sites (tertiary alicyclic amines) is 1. The second kappa shape index (κ2) is 6.33. The van der Waals surface area contributed by atoms with E-state index in [1.165, 1.54) is 45.2 Å². The van der Waals surface area contributed by atoms with Gasteiger partial charge in [0.1, 0.15) is 0 Å². The number of nitrogens with zero attached hydrogens (tertiary/aromatic N) is 1. The number of nitrogens with two attached hydrogens (primary N) is 1. The van der Waals surface area contributed by atoms with Crippen LogP contribution in [0.1, 0.15) is 65.7 Å². The van der Waals surface area contributed by atoms with Crippen LogP contribution in [0.4, 0.5) is 0 Å². The van der Waals surface area contributed by atoms with Gasteiger partial charge in [-0.05, 0) is 69.4 Å². The third-order valence-electron chi connectivity index (χ3n) is 5.67. The molecule has 2 fully saturated rings. The lowest BCUT2D eigenvalue weighted by atomic mass is 9.76. The largest absolute Gasteiger partial charge is 0.394 e. The van der Waals surface area contributed by atoms with Gasteiger partial charge in [-0.3, -0.25) is 0 Å². The quantitative estimate of drug-likeness (QED) is 0.819. The minimum Gasteiger partial charge on any atom is -0.394 e. The van der Waals surface area contributed by atoms with Gasteiger partial charge in [0.25, 0.3) is 0 Å². The van der Waals surface area contributed by atoms with Crippen LogP contribution in [0.3, 0.4) is 0 Å². The Labute approximate surface area is 124 Å². The Kier molecular flexibility index (Phi) is 5.14. The lowest BCUT2D eigenvalue weighted by Crippen LogP contribution is -2.53. The van der Waals surface area contributed by atoms with Crippen molar-refractivity contribution in [1.82, 2.24) is 4.90 Å². The maximum absolute atomic E-state index is 9.53. The van der Waals surface area contributed by atoms with E-state index < -0.39 is 0 Å². The number of aliphatic hydroxyl groups is 1. The van der Waals surface area contributed by atoms with Gasteiger partial charge >= 0.3 is 0 Å². The third kappa shape index (κ3) is 3.96. The standard InChI is InChI=1S/C17H34N2O/c1-16(2,3)14-6-5-10-19(11-8-14)15-7-4-9-17(18,12-15)13-20/h14-15,20H,4-13,18H2,1-3H3. The molecular formula is C17H34N2O. The van der Waals surface area contributed by atoms with E-state index in [4.69, 9.17) is 5.73 Å². The summed E-state index contributed by atoms with van der Waals surface area (Å²) in [6.45, 7) is 9.72. The van der Waals surface area contributed by atoms with Crippen LogP contribution in [0.25, 0.3) is 0 Å². The van der Waals surface area contributed by atoms with Crippen molar-refractivity contribution < 1.29 is 5.11 Å². The molecule has 3 nitrogen and oxygen atoms in total. The molecule has 1 saturated carbocycles. The molecule has 2 aliphatic rings. The number of aliphatic hydroxyl groups excluding tert-OH is 1. The van der Waals surface area contributed by atoms with Gasteiger partial charge in [0.15, 0.2) is 0 Å². The summed E-state index contributed by atoms with van der Waals surface area (Å²) in [5.41, 5.74) is 6.43. The molecule has 20 heavy (non-hydrogen) atoms. The average Bonchev–Trinajstić information content (AvgIpc) is 2.64. The molecule has 3 unspecified atom stereocenters. The fourth-order valence-electron chi connectivity index (χ4n) is 4.17. The van der Waals surface area contributed by atoms with E-state index in [2.05, 4.69) is 25.7 Å². The van der Waals surface area contributed by atoms with E-state index in [0.717, 1.165) is 18.8 Å². The van der Waals surface area contributed by atoms with Crippen molar-refractivity contribution in [3.05, 3.63) is 0 Å². The summed E-state index contributed by atoms with van der Waals surface area (Å²) < 4.78 is 0. The second-order valence-corrected chi connectivity index (χ2v) is 8.30. The molecule has 1 aliphatic heterocycles.